The number of rotatable bonds is 4. The van der Waals surface area contributed by atoms with Gasteiger partial charge in [0.25, 0.3) is 0 Å². The Kier molecular flexibility index (Phi) is 3.51. The number of anilines is 1. The predicted molar refractivity (Wildman–Crippen MR) is 85.9 cm³/mol. The van der Waals surface area contributed by atoms with Crippen LogP contribution in [-0.4, -0.2) is 37.6 Å². The molecule has 1 aliphatic carbocycles. The minimum absolute atomic E-state index is 0.134. The Hall–Kier alpha value is -1.99. The Morgan fingerprint density at radius 1 is 1.27 bits per heavy atom. The molecule has 7 heteroatoms. The highest BCUT2D eigenvalue weighted by molar-refractivity contribution is 7.08. The topological polar surface area (TPSA) is 75.3 Å². The quantitative estimate of drug-likeness (QED) is 0.773. The fourth-order valence-electron chi connectivity index (χ4n) is 2.94. The molecule has 3 aromatic rings. The number of thiophene rings is 1. The van der Waals surface area contributed by atoms with Crippen LogP contribution in [0.4, 0.5) is 5.82 Å². The lowest BCUT2D eigenvalue weighted by atomic mass is 10.1. The van der Waals surface area contributed by atoms with Crippen molar-refractivity contribution in [3.63, 3.8) is 0 Å². The zero-order chi connectivity index (χ0) is 14.9. The van der Waals surface area contributed by atoms with E-state index in [2.05, 4.69) is 20.6 Å². The summed E-state index contributed by atoms with van der Waals surface area (Å²) >= 11 is 1.63. The highest BCUT2D eigenvalue weighted by atomic mass is 32.1. The fraction of sp³-hybridized carbons (Fsp3) is 0.400. The molecule has 0 radical (unpaired) electrons. The summed E-state index contributed by atoms with van der Waals surface area (Å²) < 4.78 is 1.77. The van der Waals surface area contributed by atoms with Crippen LogP contribution in [0.25, 0.3) is 17.0 Å². The molecule has 3 heterocycles. The number of fused-ring (bicyclic) bond motifs is 1. The van der Waals surface area contributed by atoms with Crippen LogP contribution in [0, 0.1) is 5.92 Å². The molecule has 0 aromatic carbocycles. The number of aliphatic hydroxyl groups is 1. The largest absolute Gasteiger partial charge is 0.393 e. The lowest BCUT2D eigenvalue weighted by Crippen LogP contribution is -2.14. The monoisotopic (exact) mass is 315 g/mol. The summed E-state index contributed by atoms with van der Waals surface area (Å²) in [7, 11) is 0. The van der Waals surface area contributed by atoms with E-state index < -0.39 is 0 Å². The van der Waals surface area contributed by atoms with Gasteiger partial charge in [0.2, 0.25) is 0 Å². The second-order valence-electron chi connectivity index (χ2n) is 5.74. The first-order valence-corrected chi connectivity index (χ1v) is 8.41. The maximum Gasteiger partial charge on any atom is 0.186 e. The van der Waals surface area contributed by atoms with Gasteiger partial charge in [-0.25, -0.2) is 0 Å². The van der Waals surface area contributed by atoms with Crippen molar-refractivity contribution in [2.24, 2.45) is 5.92 Å². The summed E-state index contributed by atoms with van der Waals surface area (Å²) in [6.45, 7) is 0.839. The van der Waals surface area contributed by atoms with E-state index in [0.717, 1.165) is 48.7 Å². The Bertz CT molecular complexity index is 769. The number of nitrogens with zero attached hydrogens (tertiary/aromatic N) is 4. The van der Waals surface area contributed by atoms with Gasteiger partial charge >= 0.3 is 0 Å². The molecular formula is C15H17N5OS. The second-order valence-corrected chi connectivity index (χ2v) is 6.52. The van der Waals surface area contributed by atoms with E-state index in [9.17, 15) is 5.11 Å². The molecule has 3 aromatic heterocycles. The average Bonchev–Trinajstić information content (AvgIpc) is 3.24. The zero-order valence-electron chi connectivity index (χ0n) is 12.0. The molecule has 2 N–H and O–H groups in total. The summed E-state index contributed by atoms with van der Waals surface area (Å²) in [4.78, 5) is 0. The summed E-state index contributed by atoms with van der Waals surface area (Å²) in [5.74, 6) is 2.09. The molecular weight excluding hydrogens is 298 g/mol. The Balaban J connectivity index is 1.56. The first-order valence-electron chi connectivity index (χ1n) is 7.46. The third-order valence-corrected chi connectivity index (χ3v) is 4.81. The van der Waals surface area contributed by atoms with Crippen molar-refractivity contribution in [3.8, 4) is 11.4 Å². The minimum atomic E-state index is -0.134. The summed E-state index contributed by atoms with van der Waals surface area (Å²) in [5, 5.41) is 30.0. The van der Waals surface area contributed by atoms with Gasteiger partial charge in [-0.3, -0.25) is 0 Å². The molecule has 1 fully saturated rings. The van der Waals surface area contributed by atoms with Crippen LogP contribution in [0.1, 0.15) is 19.3 Å². The average molecular weight is 315 g/mol. The highest BCUT2D eigenvalue weighted by Gasteiger charge is 2.22. The number of aliphatic hydroxyl groups excluding tert-OH is 1. The van der Waals surface area contributed by atoms with Crippen LogP contribution in [-0.2, 0) is 0 Å². The Morgan fingerprint density at radius 2 is 2.23 bits per heavy atom. The van der Waals surface area contributed by atoms with Crippen LogP contribution in [0.3, 0.4) is 0 Å². The van der Waals surface area contributed by atoms with Crippen LogP contribution < -0.4 is 5.32 Å². The van der Waals surface area contributed by atoms with Crippen molar-refractivity contribution >= 4 is 22.8 Å². The number of hydrogen-bond acceptors (Lipinski definition) is 6. The predicted octanol–water partition coefficient (Wildman–Crippen LogP) is 2.43. The normalized spacial score (nSPS) is 21.5. The van der Waals surface area contributed by atoms with Gasteiger partial charge in [-0.1, -0.05) is 0 Å². The molecule has 0 aliphatic heterocycles. The molecule has 0 unspecified atom stereocenters. The van der Waals surface area contributed by atoms with E-state index in [1.807, 2.05) is 29.0 Å². The SMILES string of the molecule is O[C@H]1CC[C@@H](CNc2ccc3nnc(-c4ccsc4)n3n2)C1. The van der Waals surface area contributed by atoms with Gasteiger partial charge in [0.15, 0.2) is 11.5 Å². The van der Waals surface area contributed by atoms with Crippen LogP contribution in [0.2, 0.25) is 0 Å². The molecule has 22 heavy (non-hydrogen) atoms. The van der Waals surface area contributed by atoms with E-state index >= 15 is 0 Å². The van der Waals surface area contributed by atoms with E-state index in [1.54, 1.807) is 15.9 Å². The number of aromatic nitrogens is 4. The summed E-state index contributed by atoms with van der Waals surface area (Å²) in [6, 6.07) is 5.86. The van der Waals surface area contributed by atoms with E-state index in [-0.39, 0.29) is 6.10 Å². The highest BCUT2D eigenvalue weighted by Crippen LogP contribution is 2.26. The minimum Gasteiger partial charge on any atom is -0.393 e. The lowest BCUT2D eigenvalue weighted by Gasteiger charge is -2.11. The zero-order valence-corrected chi connectivity index (χ0v) is 12.8. The van der Waals surface area contributed by atoms with Gasteiger partial charge in [0.05, 0.1) is 6.10 Å². The Labute approximate surface area is 131 Å². The molecule has 0 bridgehead atoms. The first-order chi connectivity index (χ1) is 10.8. The van der Waals surface area contributed by atoms with Gasteiger partial charge in [-0.15, -0.1) is 15.3 Å². The van der Waals surface area contributed by atoms with E-state index in [0.29, 0.717) is 5.92 Å². The molecule has 4 rings (SSSR count). The van der Waals surface area contributed by atoms with Gasteiger partial charge in [0, 0.05) is 17.5 Å². The van der Waals surface area contributed by atoms with Gasteiger partial charge in [0.1, 0.15) is 5.82 Å². The van der Waals surface area contributed by atoms with Crippen molar-refractivity contribution in [1.82, 2.24) is 19.8 Å². The number of hydrogen-bond donors (Lipinski definition) is 2. The van der Waals surface area contributed by atoms with Gasteiger partial charge in [-0.2, -0.15) is 15.9 Å². The van der Waals surface area contributed by atoms with Crippen molar-refractivity contribution in [2.45, 2.75) is 25.4 Å². The smallest absolute Gasteiger partial charge is 0.186 e. The van der Waals surface area contributed by atoms with E-state index in [4.69, 9.17) is 0 Å². The third-order valence-electron chi connectivity index (χ3n) is 4.13. The summed E-state index contributed by atoms with van der Waals surface area (Å²) in [6.07, 6.45) is 2.72. The summed E-state index contributed by atoms with van der Waals surface area (Å²) in [5.41, 5.74) is 1.77. The third kappa shape index (κ3) is 2.57. The van der Waals surface area contributed by atoms with Crippen molar-refractivity contribution in [3.05, 3.63) is 29.0 Å². The van der Waals surface area contributed by atoms with Crippen molar-refractivity contribution in [2.75, 3.05) is 11.9 Å². The van der Waals surface area contributed by atoms with Gasteiger partial charge in [-0.05, 0) is 48.8 Å². The van der Waals surface area contributed by atoms with Gasteiger partial charge < -0.3 is 10.4 Å². The van der Waals surface area contributed by atoms with Crippen molar-refractivity contribution < 1.29 is 5.11 Å². The second kappa shape index (κ2) is 5.66. The first kappa shape index (κ1) is 13.7. The molecule has 6 nitrogen and oxygen atoms in total. The van der Waals surface area contributed by atoms with Crippen LogP contribution in [0.5, 0.6) is 0 Å². The van der Waals surface area contributed by atoms with E-state index in [1.165, 1.54) is 0 Å². The van der Waals surface area contributed by atoms with Crippen LogP contribution in [0.15, 0.2) is 29.0 Å². The standard InChI is InChI=1S/C15H17N5OS/c21-12-2-1-10(7-12)8-16-13-3-4-14-17-18-15(20(14)19-13)11-5-6-22-9-11/h3-6,9-10,12,21H,1-2,7-8H2,(H,16,19)/t10-,12+/m1/s1. The maximum absolute atomic E-state index is 9.59. The lowest BCUT2D eigenvalue weighted by molar-refractivity contribution is 0.178. The van der Waals surface area contributed by atoms with Crippen molar-refractivity contribution in [1.29, 1.82) is 0 Å². The molecule has 0 saturated heterocycles. The molecule has 1 aliphatic rings. The molecule has 114 valence electrons. The van der Waals surface area contributed by atoms with Crippen LogP contribution >= 0.6 is 11.3 Å². The molecule has 0 spiro atoms. The molecule has 1 saturated carbocycles. The maximum atomic E-state index is 9.59. The molecule has 0 amide bonds. The number of nitrogens with one attached hydrogen (secondary N) is 1. The molecule has 2 atom stereocenters. The Morgan fingerprint density at radius 3 is 3.00 bits per heavy atom. The fourth-order valence-corrected chi connectivity index (χ4v) is 3.57.